The number of nitrogens with two attached hydrogens (primary N) is 1. The lowest BCUT2D eigenvalue weighted by Gasteiger charge is -2.42. The van der Waals surface area contributed by atoms with Gasteiger partial charge in [-0.3, -0.25) is 0 Å². The van der Waals surface area contributed by atoms with Crippen molar-refractivity contribution in [3.05, 3.63) is 23.5 Å². The van der Waals surface area contributed by atoms with Crippen LogP contribution in [0, 0.1) is 11.5 Å². The summed E-state index contributed by atoms with van der Waals surface area (Å²) < 4.78 is 0. The molecule has 0 amide bonds. The second kappa shape index (κ2) is 7.16. The largest absolute Gasteiger partial charge is 0.369 e. The van der Waals surface area contributed by atoms with Crippen LogP contribution in [-0.2, 0) is 0 Å². The Morgan fingerprint density at radius 3 is 2.76 bits per heavy atom. The highest BCUT2D eigenvalue weighted by Gasteiger charge is 2.42. The van der Waals surface area contributed by atoms with Crippen LogP contribution in [0.1, 0.15) is 47.0 Å². The van der Waals surface area contributed by atoms with Crippen molar-refractivity contribution >= 4 is 23.2 Å². The standard InChI is InChI=1S/C17H25ClN6O/c1-16(2)8-7-12(10-17(3,4)24(16)25)22-15(20)23(11-19)13-6-5-9-21-14(13)18/h5-6,9,12,25H,7-8,10H2,1-4H3,(H2,20,22). The third kappa shape index (κ3) is 4.21. The number of nitriles is 1. The Bertz CT molecular complexity index is 697. The highest BCUT2D eigenvalue weighted by Crippen LogP contribution is 2.36. The highest BCUT2D eigenvalue weighted by molar-refractivity contribution is 6.32. The predicted octanol–water partition coefficient (Wildman–Crippen LogP) is 3.14. The summed E-state index contributed by atoms with van der Waals surface area (Å²) in [7, 11) is 0. The summed E-state index contributed by atoms with van der Waals surface area (Å²) in [6, 6.07) is 3.23. The SMILES string of the molecule is CC1(C)CCC(N=C(N)N(C#N)c2cccnc2Cl)CC(C)(C)N1O. The van der Waals surface area contributed by atoms with Gasteiger partial charge in [0.1, 0.15) is 0 Å². The first kappa shape index (κ1) is 19.4. The zero-order valence-electron chi connectivity index (χ0n) is 15.1. The summed E-state index contributed by atoms with van der Waals surface area (Å²) in [6.45, 7) is 7.94. The van der Waals surface area contributed by atoms with Gasteiger partial charge >= 0.3 is 0 Å². The van der Waals surface area contributed by atoms with Crippen LogP contribution in [0.3, 0.4) is 0 Å². The fourth-order valence-electron chi connectivity index (χ4n) is 3.34. The van der Waals surface area contributed by atoms with E-state index in [0.29, 0.717) is 12.1 Å². The smallest absolute Gasteiger partial charge is 0.209 e. The molecule has 1 fully saturated rings. The Morgan fingerprint density at radius 1 is 1.48 bits per heavy atom. The van der Waals surface area contributed by atoms with E-state index in [9.17, 15) is 10.5 Å². The molecule has 2 rings (SSSR count). The second-order valence-corrected chi connectivity index (χ2v) is 7.93. The number of halogens is 1. The number of hydrogen-bond donors (Lipinski definition) is 2. The van der Waals surface area contributed by atoms with Gasteiger partial charge in [-0.25, -0.2) is 14.9 Å². The first-order chi connectivity index (χ1) is 11.6. The van der Waals surface area contributed by atoms with E-state index < -0.39 is 5.54 Å². The van der Waals surface area contributed by atoms with Crippen molar-refractivity contribution in [1.82, 2.24) is 10.0 Å². The maximum Gasteiger partial charge on any atom is 0.209 e. The van der Waals surface area contributed by atoms with Crippen LogP contribution in [-0.4, -0.2) is 38.3 Å². The molecule has 1 atom stereocenters. The number of anilines is 1. The van der Waals surface area contributed by atoms with Crippen molar-refractivity contribution in [3.8, 4) is 6.19 Å². The zero-order valence-corrected chi connectivity index (χ0v) is 15.8. The Labute approximate surface area is 153 Å². The Kier molecular flexibility index (Phi) is 5.57. The van der Waals surface area contributed by atoms with E-state index in [1.165, 1.54) is 9.96 Å². The maximum atomic E-state index is 10.5. The van der Waals surface area contributed by atoms with Crippen LogP contribution in [0.15, 0.2) is 23.3 Å². The van der Waals surface area contributed by atoms with Crippen LogP contribution < -0.4 is 10.6 Å². The van der Waals surface area contributed by atoms with Crippen molar-refractivity contribution in [2.75, 3.05) is 4.90 Å². The lowest BCUT2D eigenvalue weighted by molar-refractivity contribution is -0.221. The van der Waals surface area contributed by atoms with Crippen molar-refractivity contribution in [2.45, 2.75) is 64.1 Å². The number of hydroxylamine groups is 2. The van der Waals surface area contributed by atoms with Gasteiger partial charge in [-0.1, -0.05) is 11.6 Å². The molecule has 1 unspecified atom stereocenters. The van der Waals surface area contributed by atoms with Crippen LogP contribution in [0.2, 0.25) is 5.15 Å². The number of nitrogens with zero attached hydrogens (tertiary/aromatic N) is 5. The first-order valence-corrected chi connectivity index (χ1v) is 8.59. The molecule has 25 heavy (non-hydrogen) atoms. The third-order valence-corrected chi connectivity index (χ3v) is 4.89. The number of aliphatic imine (C=N–C) groups is 1. The molecule has 0 spiro atoms. The van der Waals surface area contributed by atoms with Crippen LogP contribution in [0.25, 0.3) is 0 Å². The van der Waals surface area contributed by atoms with Gasteiger partial charge in [0.25, 0.3) is 0 Å². The highest BCUT2D eigenvalue weighted by atomic mass is 35.5. The van der Waals surface area contributed by atoms with E-state index >= 15 is 0 Å². The molecule has 1 aromatic heterocycles. The van der Waals surface area contributed by atoms with Gasteiger partial charge in [0.05, 0.1) is 11.7 Å². The molecule has 0 aromatic carbocycles. The van der Waals surface area contributed by atoms with Gasteiger partial charge in [0.15, 0.2) is 11.3 Å². The molecule has 1 aliphatic heterocycles. The van der Waals surface area contributed by atoms with E-state index in [1.807, 2.05) is 33.9 Å². The van der Waals surface area contributed by atoms with Crippen LogP contribution in [0.5, 0.6) is 0 Å². The number of rotatable bonds is 2. The number of hydrogen-bond acceptors (Lipinski definition) is 5. The molecule has 2 heterocycles. The number of aromatic nitrogens is 1. The average Bonchev–Trinajstić information content (AvgIpc) is 2.60. The minimum absolute atomic E-state index is 0.0717. The molecule has 0 saturated carbocycles. The molecule has 0 aliphatic carbocycles. The van der Waals surface area contributed by atoms with E-state index in [-0.39, 0.29) is 22.7 Å². The van der Waals surface area contributed by atoms with E-state index in [0.717, 1.165) is 12.8 Å². The Hall–Kier alpha value is -1.88. The lowest BCUT2D eigenvalue weighted by atomic mass is 9.94. The molecule has 7 nitrogen and oxygen atoms in total. The quantitative estimate of drug-likeness (QED) is 0.275. The summed E-state index contributed by atoms with van der Waals surface area (Å²) in [5, 5.41) is 21.6. The van der Waals surface area contributed by atoms with Gasteiger partial charge in [-0.2, -0.15) is 10.3 Å². The maximum absolute atomic E-state index is 10.5. The Morgan fingerprint density at radius 2 is 2.16 bits per heavy atom. The zero-order chi connectivity index (χ0) is 18.8. The van der Waals surface area contributed by atoms with E-state index in [2.05, 4.69) is 9.98 Å². The number of guanidine groups is 1. The molecule has 3 N–H and O–H groups in total. The minimum Gasteiger partial charge on any atom is -0.369 e. The predicted molar refractivity (Wildman–Crippen MR) is 98.4 cm³/mol. The summed E-state index contributed by atoms with van der Waals surface area (Å²) in [4.78, 5) is 9.70. The van der Waals surface area contributed by atoms with Crippen molar-refractivity contribution < 1.29 is 5.21 Å². The van der Waals surface area contributed by atoms with Gasteiger partial charge < -0.3 is 10.9 Å². The van der Waals surface area contributed by atoms with Gasteiger partial charge in [-0.05, 0) is 59.1 Å². The Balaban J connectivity index is 2.29. The van der Waals surface area contributed by atoms with E-state index in [1.54, 1.807) is 18.3 Å². The van der Waals surface area contributed by atoms with Crippen molar-refractivity contribution in [1.29, 1.82) is 5.26 Å². The molecule has 0 bridgehead atoms. The van der Waals surface area contributed by atoms with Crippen molar-refractivity contribution in [3.63, 3.8) is 0 Å². The molecule has 1 saturated heterocycles. The van der Waals surface area contributed by atoms with Gasteiger partial charge in [-0.15, -0.1) is 0 Å². The average molecular weight is 365 g/mol. The normalized spacial score (nSPS) is 23.6. The minimum atomic E-state index is -0.460. The van der Waals surface area contributed by atoms with Crippen molar-refractivity contribution in [2.24, 2.45) is 10.7 Å². The summed E-state index contributed by atoms with van der Waals surface area (Å²) in [5.41, 5.74) is 5.67. The van der Waals surface area contributed by atoms with Crippen LogP contribution >= 0.6 is 11.6 Å². The molecule has 136 valence electrons. The van der Waals surface area contributed by atoms with Gasteiger partial charge in [0.2, 0.25) is 5.96 Å². The lowest BCUT2D eigenvalue weighted by Crippen LogP contribution is -2.52. The number of pyridine rings is 1. The second-order valence-electron chi connectivity index (χ2n) is 7.57. The first-order valence-electron chi connectivity index (χ1n) is 8.21. The summed E-state index contributed by atoms with van der Waals surface area (Å²) in [5.74, 6) is 0.0717. The molecule has 8 heteroatoms. The summed E-state index contributed by atoms with van der Waals surface area (Å²) in [6.07, 6.45) is 5.68. The monoisotopic (exact) mass is 364 g/mol. The van der Waals surface area contributed by atoms with E-state index in [4.69, 9.17) is 17.3 Å². The fourth-order valence-corrected chi connectivity index (χ4v) is 3.54. The topological polar surface area (TPSA) is 102 Å². The molecule has 1 aromatic rings. The molecular weight excluding hydrogens is 340 g/mol. The van der Waals surface area contributed by atoms with Crippen LogP contribution in [0.4, 0.5) is 5.69 Å². The molecule has 1 aliphatic rings. The summed E-state index contributed by atoms with van der Waals surface area (Å²) >= 11 is 6.06. The fraction of sp³-hybridized carbons (Fsp3) is 0.588. The molecule has 0 radical (unpaired) electrons. The molecular formula is C17H25ClN6O. The third-order valence-electron chi connectivity index (χ3n) is 4.60. The van der Waals surface area contributed by atoms with Gasteiger partial charge in [0, 0.05) is 17.3 Å².